The number of likely N-dealkylation sites (tertiary alicyclic amines) is 1. The first-order chi connectivity index (χ1) is 8.77. The van der Waals surface area contributed by atoms with E-state index in [-0.39, 0.29) is 5.60 Å². The zero-order chi connectivity index (χ0) is 12.4. The predicted octanol–water partition coefficient (Wildman–Crippen LogP) is 0.332. The zero-order valence-electron chi connectivity index (χ0n) is 10.8. The molecule has 2 fully saturated rings. The van der Waals surface area contributed by atoms with Crippen LogP contribution in [0.25, 0.3) is 0 Å². The van der Waals surface area contributed by atoms with Crippen molar-refractivity contribution in [2.24, 2.45) is 0 Å². The number of aromatic nitrogens is 2. The van der Waals surface area contributed by atoms with Gasteiger partial charge in [0.2, 0.25) is 0 Å². The van der Waals surface area contributed by atoms with Crippen LogP contribution in [-0.4, -0.2) is 53.6 Å². The van der Waals surface area contributed by atoms with Crippen LogP contribution in [0.15, 0.2) is 4.63 Å². The summed E-state index contributed by atoms with van der Waals surface area (Å²) in [5, 5.41) is 11.2. The van der Waals surface area contributed by atoms with Crippen LogP contribution >= 0.6 is 0 Å². The van der Waals surface area contributed by atoms with E-state index in [1.54, 1.807) is 0 Å². The molecule has 100 valence electrons. The third kappa shape index (κ3) is 2.41. The minimum absolute atomic E-state index is 0.0753. The van der Waals surface area contributed by atoms with E-state index in [9.17, 15) is 0 Å². The van der Waals surface area contributed by atoms with Gasteiger partial charge in [0.15, 0.2) is 0 Å². The molecule has 3 heterocycles. The number of hydrogen-bond acceptors (Lipinski definition) is 6. The van der Waals surface area contributed by atoms with Crippen molar-refractivity contribution in [2.75, 3.05) is 32.8 Å². The van der Waals surface area contributed by atoms with Crippen molar-refractivity contribution >= 4 is 0 Å². The van der Waals surface area contributed by atoms with Gasteiger partial charge in [-0.15, -0.1) is 0 Å². The van der Waals surface area contributed by atoms with Crippen LogP contribution in [0.3, 0.4) is 0 Å². The van der Waals surface area contributed by atoms with Crippen molar-refractivity contribution in [3.63, 3.8) is 0 Å². The molecule has 1 aromatic rings. The summed E-state index contributed by atoms with van der Waals surface area (Å²) in [4.78, 5) is 2.40. The molecule has 2 saturated heterocycles. The monoisotopic (exact) mass is 252 g/mol. The summed E-state index contributed by atoms with van der Waals surface area (Å²) in [6, 6.07) is 0. The number of nitrogens with zero attached hydrogens (tertiary/aromatic N) is 3. The molecular formula is C12H20N4O2. The van der Waals surface area contributed by atoms with Gasteiger partial charge in [-0.3, -0.25) is 4.90 Å². The third-order valence-corrected chi connectivity index (χ3v) is 4.02. The van der Waals surface area contributed by atoms with Crippen LogP contribution in [-0.2, 0) is 11.3 Å². The van der Waals surface area contributed by atoms with Gasteiger partial charge in [-0.05, 0) is 19.8 Å². The highest BCUT2D eigenvalue weighted by molar-refractivity contribution is 5.05. The SMILES string of the molecule is Cc1nonc1CN1CCC2(CC1)CNCCO2. The Kier molecular flexibility index (Phi) is 3.32. The summed E-state index contributed by atoms with van der Waals surface area (Å²) in [6.07, 6.45) is 2.18. The van der Waals surface area contributed by atoms with Gasteiger partial charge >= 0.3 is 0 Å². The van der Waals surface area contributed by atoms with E-state index in [1.807, 2.05) is 6.92 Å². The molecule has 2 aliphatic rings. The van der Waals surface area contributed by atoms with Gasteiger partial charge < -0.3 is 10.1 Å². The lowest BCUT2D eigenvalue weighted by Gasteiger charge is -2.43. The molecule has 1 N–H and O–H groups in total. The predicted molar refractivity (Wildman–Crippen MR) is 65.1 cm³/mol. The maximum absolute atomic E-state index is 5.98. The van der Waals surface area contributed by atoms with Crippen LogP contribution in [0, 0.1) is 6.92 Å². The Hall–Kier alpha value is -0.980. The lowest BCUT2D eigenvalue weighted by Crippen LogP contribution is -2.55. The van der Waals surface area contributed by atoms with E-state index in [2.05, 4.69) is 20.5 Å². The molecule has 1 aromatic heterocycles. The molecule has 0 radical (unpaired) electrons. The van der Waals surface area contributed by atoms with E-state index in [1.165, 1.54) is 0 Å². The fraction of sp³-hybridized carbons (Fsp3) is 0.833. The van der Waals surface area contributed by atoms with Gasteiger partial charge in [0.1, 0.15) is 11.4 Å². The smallest absolute Gasteiger partial charge is 0.122 e. The summed E-state index contributed by atoms with van der Waals surface area (Å²) in [5.41, 5.74) is 1.92. The van der Waals surface area contributed by atoms with Crippen LogP contribution in [0.2, 0.25) is 0 Å². The molecule has 2 aliphatic heterocycles. The summed E-state index contributed by atoms with van der Waals surface area (Å²) in [5.74, 6) is 0. The lowest BCUT2D eigenvalue weighted by molar-refractivity contribution is -0.101. The second kappa shape index (κ2) is 4.95. The maximum atomic E-state index is 5.98. The first-order valence-electron chi connectivity index (χ1n) is 6.63. The van der Waals surface area contributed by atoms with Crippen molar-refractivity contribution < 1.29 is 9.37 Å². The Morgan fingerprint density at radius 2 is 2.17 bits per heavy atom. The Balaban J connectivity index is 1.55. The largest absolute Gasteiger partial charge is 0.372 e. The third-order valence-electron chi connectivity index (χ3n) is 4.02. The van der Waals surface area contributed by atoms with Gasteiger partial charge in [0, 0.05) is 32.7 Å². The van der Waals surface area contributed by atoms with Gasteiger partial charge in [-0.1, -0.05) is 10.3 Å². The number of ether oxygens (including phenoxy) is 1. The lowest BCUT2D eigenvalue weighted by atomic mass is 9.90. The fourth-order valence-electron chi connectivity index (χ4n) is 2.75. The van der Waals surface area contributed by atoms with Gasteiger partial charge in [0.05, 0.1) is 12.2 Å². The van der Waals surface area contributed by atoms with E-state index >= 15 is 0 Å². The standard InChI is InChI=1S/C12H20N4O2/c1-10-11(15-18-14-10)8-16-5-2-12(3-6-16)9-13-4-7-17-12/h13H,2-9H2,1H3. The van der Waals surface area contributed by atoms with Crippen molar-refractivity contribution in [3.8, 4) is 0 Å². The highest BCUT2D eigenvalue weighted by Crippen LogP contribution is 2.28. The molecule has 0 aromatic carbocycles. The molecule has 0 saturated carbocycles. The molecule has 18 heavy (non-hydrogen) atoms. The molecule has 0 aliphatic carbocycles. The number of nitrogens with one attached hydrogen (secondary N) is 1. The molecule has 6 nitrogen and oxygen atoms in total. The topological polar surface area (TPSA) is 63.4 Å². The summed E-state index contributed by atoms with van der Waals surface area (Å²) in [7, 11) is 0. The van der Waals surface area contributed by atoms with Crippen molar-refractivity contribution in [3.05, 3.63) is 11.4 Å². The number of rotatable bonds is 2. The maximum Gasteiger partial charge on any atom is 0.122 e. The van der Waals surface area contributed by atoms with Gasteiger partial charge in [-0.2, -0.15) is 0 Å². The Labute approximate surface area is 107 Å². The van der Waals surface area contributed by atoms with Crippen LogP contribution in [0.1, 0.15) is 24.2 Å². The normalized spacial score (nSPS) is 24.5. The summed E-state index contributed by atoms with van der Waals surface area (Å²) < 4.78 is 10.7. The van der Waals surface area contributed by atoms with Crippen molar-refractivity contribution in [1.29, 1.82) is 0 Å². The van der Waals surface area contributed by atoms with Gasteiger partial charge in [-0.25, -0.2) is 4.63 Å². The quantitative estimate of drug-likeness (QED) is 0.818. The van der Waals surface area contributed by atoms with Gasteiger partial charge in [0.25, 0.3) is 0 Å². The number of aryl methyl sites for hydroxylation is 1. The van der Waals surface area contributed by atoms with Crippen molar-refractivity contribution in [1.82, 2.24) is 20.5 Å². The average molecular weight is 252 g/mol. The van der Waals surface area contributed by atoms with E-state index < -0.39 is 0 Å². The molecular weight excluding hydrogens is 232 g/mol. The van der Waals surface area contributed by atoms with Crippen LogP contribution < -0.4 is 5.32 Å². The van der Waals surface area contributed by atoms with Crippen molar-refractivity contribution in [2.45, 2.75) is 31.9 Å². The number of piperidine rings is 1. The minimum Gasteiger partial charge on any atom is -0.372 e. The highest BCUT2D eigenvalue weighted by Gasteiger charge is 2.37. The Morgan fingerprint density at radius 3 is 2.78 bits per heavy atom. The molecule has 1 spiro atoms. The van der Waals surface area contributed by atoms with E-state index in [4.69, 9.17) is 9.37 Å². The molecule has 0 unspecified atom stereocenters. The number of morpholine rings is 1. The Bertz CT molecular complexity index is 391. The van der Waals surface area contributed by atoms with Crippen LogP contribution in [0.5, 0.6) is 0 Å². The fourth-order valence-corrected chi connectivity index (χ4v) is 2.75. The minimum atomic E-state index is 0.0753. The molecule has 0 atom stereocenters. The second-order valence-corrected chi connectivity index (χ2v) is 5.28. The number of hydrogen-bond donors (Lipinski definition) is 1. The first kappa shape index (κ1) is 12.1. The van der Waals surface area contributed by atoms with E-state index in [0.717, 1.165) is 63.6 Å². The molecule has 0 amide bonds. The zero-order valence-corrected chi connectivity index (χ0v) is 10.8. The summed E-state index contributed by atoms with van der Waals surface area (Å²) in [6.45, 7) is 7.68. The Morgan fingerprint density at radius 1 is 1.33 bits per heavy atom. The molecule has 0 bridgehead atoms. The molecule has 3 rings (SSSR count). The first-order valence-corrected chi connectivity index (χ1v) is 6.63. The summed E-state index contributed by atoms with van der Waals surface area (Å²) >= 11 is 0. The van der Waals surface area contributed by atoms with Crippen LogP contribution in [0.4, 0.5) is 0 Å². The molecule has 6 heteroatoms. The average Bonchev–Trinajstić information content (AvgIpc) is 2.79. The highest BCUT2D eigenvalue weighted by atomic mass is 16.6. The van der Waals surface area contributed by atoms with E-state index in [0.29, 0.717) is 0 Å². The second-order valence-electron chi connectivity index (χ2n) is 5.28.